The molecule has 0 aliphatic carbocycles. The lowest BCUT2D eigenvalue weighted by Crippen LogP contribution is -2.33. The summed E-state index contributed by atoms with van der Waals surface area (Å²) in [5.74, 6) is -0.695. The van der Waals surface area contributed by atoms with Gasteiger partial charge in [-0.05, 0) is 29.3 Å². The van der Waals surface area contributed by atoms with Crippen LogP contribution in [0.3, 0.4) is 0 Å². The van der Waals surface area contributed by atoms with Crippen molar-refractivity contribution in [2.75, 3.05) is 12.3 Å². The summed E-state index contributed by atoms with van der Waals surface area (Å²) in [6.07, 6.45) is 0. The number of primary amides is 1. The third-order valence-electron chi connectivity index (χ3n) is 3.15. The average Bonchev–Trinajstić information content (AvgIpc) is 2.43. The molecule has 2 aromatic rings. The van der Waals surface area contributed by atoms with E-state index < -0.39 is 5.91 Å². The Morgan fingerprint density at radius 3 is 2.33 bits per heavy atom. The van der Waals surface area contributed by atoms with Gasteiger partial charge in [0.2, 0.25) is 5.91 Å². The van der Waals surface area contributed by atoms with Crippen LogP contribution in [-0.2, 0) is 17.9 Å². The minimum absolute atomic E-state index is 0.117. The molecule has 0 spiro atoms. The first-order valence-corrected chi connectivity index (χ1v) is 6.63. The topological polar surface area (TPSA) is 72.4 Å². The lowest BCUT2D eigenvalue weighted by Gasteiger charge is -2.21. The number of nitrogens with zero attached hydrogens (tertiary/aromatic N) is 1. The van der Waals surface area contributed by atoms with E-state index in [1.165, 1.54) is 12.1 Å². The van der Waals surface area contributed by atoms with Gasteiger partial charge in [-0.25, -0.2) is 4.39 Å². The number of benzene rings is 2. The minimum Gasteiger partial charge on any atom is -0.398 e. The van der Waals surface area contributed by atoms with Crippen molar-refractivity contribution in [3.8, 4) is 0 Å². The number of hydrogen-bond donors (Lipinski definition) is 2. The van der Waals surface area contributed by atoms with Crippen molar-refractivity contribution in [1.82, 2.24) is 4.90 Å². The predicted molar refractivity (Wildman–Crippen MR) is 80.6 cm³/mol. The predicted octanol–water partition coefficient (Wildman–Crippen LogP) is 1.90. The Morgan fingerprint density at radius 2 is 1.71 bits per heavy atom. The van der Waals surface area contributed by atoms with Gasteiger partial charge in [-0.2, -0.15) is 0 Å². The number of halogens is 1. The lowest BCUT2D eigenvalue weighted by atomic mass is 10.1. The minimum atomic E-state index is -0.411. The van der Waals surface area contributed by atoms with E-state index >= 15 is 0 Å². The molecule has 0 bridgehead atoms. The van der Waals surface area contributed by atoms with Crippen LogP contribution in [0, 0.1) is 5.82 Å². The summed E-state index contributed by atoms with van der Waals surface area (Å²) in [5, 5.41) is 0. The second kappa shape index (κ2) is 6.85. The van der Waals surface area contributed by atoms with Gasteiger partial charge in [-0.3, -0.25) is 9.69 Å². The molecular weight excluding hydrogens is 269 g/mol. The van der Waals surface area contributed by atoms with Crippen LogP contribution in [0.4, 0.5) is 10.1 Å². The molecule has 0 radical (unpaired) electrons. The molecule has 4 nitrogen and oxygen atoms in total. The summed E-state index contributed by atoms with van der Waals surface area (Å²) in [4.78, 5) is 13.1. The zero-order valence-electron chi connectivity index (χ0n) is 11.6. The van der Waals surface area contributed by atoms with E-state index in [4.69, 9.17) is 11.5 Å². The Hall–Kier alpha value is -2.40. The van der Waals surface area contributed by atoms with E-state index in [2.05, 4.69) is 0 Å². The number of hydrogen-bond acceptors (Lipinski definition) is 3. The summed E-state index contributed by atoms with van der Waals surface area (Å²) in [6.45, 7) is 1.12. The summed E-state index contributed by atoms with van der Waals surface area (Å²) >= 11 is 0. The van der Waals surface area contributed by atoms with E-state index in [1.54, 1.807) is 12.1 Å². The number of amides is 1. The first kappa shape index (κ1) is 15.0. The van der Waals surface area contributed by atoms with E-state index in [1.807, 2.05) is 29.2 Å². The first-order chi connectivity index (χ1) is 10.0. The molecule has 2 rings (SSSR count). The third kappa shape index (κ3) is 4.57. The summed E-state index contributed by atoms with van der Waals surface area (Å²) in [6, 6.07) is 13.7. The quantitative estimate of drug-likeness (QED) is 0.797. The highest BCUT2D eigenvalue weighted by atomic mass is 19.1. The van der Waals surface area contributed by atoms with Crippen LogP contribution in [0.5, 0.6) is 0 Å². The third-order valence-corrected chi connectivity index (χ3v) is 3.15. The van der Waals surface area contributed by atoms with Crippen molar-refractivity contribution >= 4 is 11.6 Å². The molecule has 5 heteroatoms. The fraction of sp³-hybridized carbons (Fsp3) is 0.188. The highest BCUT2D eigenvalue weighted by molar-refractivity contribution is 5.75. The fourth-order valence-corrected chi connectivity index (χ4v) is 2.16. The number of nitrogens with two attached hydrogens (primary N) is 2. The standard InChI is InChI=1S/C16H18FN3O/c17-14-7-5-12(6-8-14)9-20(11-16(19)21)10-13-3-1-2-4-15(13)18/h1-8H,9-11,18H2,(H2,19,21). The molecule has 4 N–H and O–H groups in total. The molecule has 0 aliphatic rings. The molecule has 0 aromatic heterocycles. The molecule has 0 unspecified atom stereocenters. The Bertz CT molecular complexity index is 613. The molecule has 2 aromatic carbocycles. The van der Waals surface area contributed by atoms with E-state index in [0.29, 0.717) is 18.8 Å². The Kier molecular flexibility index (Phi) is 4.90. The fourth-order valence-electron chi connectivity index (χ4n) is 2.16. The van der Waals surface area contributed by atoms with Gasteiger partial charge in [-0.15, -0.1) is 0 Å². The molecule has 0 fully saturated rings. The van der Waals surface area contributed by atoms with Crippen LogP contribution in [0.2, 0.25) is 0 Å². The summed E-state index contributed by atoms with van der Waals surface area (Å²) in [7, 11) is 0. The smallest absolute Gasteiger partial charge is 0.231 e. The van der Waals surface area contributed by atoms with Gasteiger partial charge in [-0.1, -0.05) is 30.3 Å². The van der Waals surface area contributed by atoms with Gasteiger partial charge >= 0.3 is 0 Å². The second-order valence-electron chi connectivity index (χ2n) is 4.94. The zero-order valence-corrected chi connectivity index (χ0v) is 11.6. The van der Waals surface area contributed by atoms with Crippen molar-refractivity contribution in [1.29, 1.82) is 0 Å². The summed E-state index contributed by atoms with van der Waals surface area (Å²) < 4.78 is 12.9. The number of nitrogen functional groups attached to an aromatic ring is 1. The van der Waals surface area contributed by atoms with Gasteiger partial charge in [0, 0.05) is 18.8 Å². The van der Waals surface area contributed by atoms with Crippen molar-refractivity contribution in [3.05, 3.63) is 65.5 Å². The maximum atomic E-state index is 12.9. The van der Waals surface area contributed by atoms with Crippen LogP contribution in [-0.4, -0.2) is 17.4 Å². The van der Waals surface area contributed by atoms with Gasteiger partial charge < -0.3 is 11.5 Å². The molecule has 0 heterocycles. The van der Waals surface area contributed by atoms with E-state index in [0.717, 1.165) is 11.1 Å². The van der Waals surface area contributed by atoms with Crippen LogP contribution in [0.1, 0.15) is 11.1 Å². The SMILES string of the molecule is NC(=O)CN(Cc1ccc(F)cc1)Cc1ccccc1N. The highest BCUT2D eigenvalue weighted by Gasteiger charge is 2.11. The molecule has 0 atom stereocenters. The molecule has 1 amide bonds. The average molecular weight is 287 g/mol. The molecule has 0 aliphatic heterocycles. The van der Waals surface area contributed by atoms with Crippen LogP contribution < -0.4 is 11.5 Å². The van der Waals surface area contributed by atoms with Crippen molar-refractivity contribution in [2.45, 2.75) is 13.1 Å². The van der Waals surface area contributed by atoms with E-state index in [-0.39, 0.29) is 12.4 Å². The second-order valence-corrected chi connectivity index (χ2v) is 4.94. The van der Waals surface area contributed by atoms with Crippen LogP contribution in [0.15, 0.2) is 48.5 Å². The largest absolute Gasteiger partial charge is 0.398 e. The molecular formula is C16H18FN3O. The molecule has 0 saturated carbocycles. The molecule has 110 valence electrons. The monoisotopic (exact) mass is 287 g/mol. The number of carbonyl (C=O) groups is 1. The van der Waals surface area contributed by atoms with Gasteiger partial charge in [0.15, 0.2) is 0 Å². The maximum absolute atomic E-state index is 12.9. The summed E-state index contributed by atoms with van der Waals surface area (Å²) in [5.41, 5.74) is 13.7. The zero-order chi connectivity index (χ0) is 15.2. The van der Waals surface area contributed by atoms with E-state index in [9.17, 15) is 9.18 Å². The van der Waals surface area contributed by atoms with Crippen molar-refractivity contribution in [3.63, 3.8) is 0 Å². The first-order valence-electron chi connectivity index (χ1n) is 6.63. The normalized spacial score (nSPS) is 10.8. The van der Waals surface area contributed by atoms with Gasteiger partial charge in [0.25, 0.3) is 0 Å². The molecule has 0 saturated heterocycles. The van der Waals surface area contributed by atoms with Gasteiger partial charge in [0.1, 0.15) is 5.82 Å². The van der Waals surface area contributed by atoms with Crippen LogP contribution in [0.25, 0.3) is 0 Å². The van der Waals surface area contributed by atoms with Gasteiger partial charge in [0.05, 0.1) is 6.54 Å². The maximum Gasteiger partial charge on any atom is 0.231 e. The number of carbonyl (C=O) groups excluding carboxylic acids is 1. The number of para-hydroxylation sites is 1. The van der Waals surface area contributed by atoms with Crippen molar-refractivity contribution < 1.29 is 9.18 Å². The van der Waals surface area contributed by atoms with Crippen molar-refractivity contribution in [2.24, 2.45) is 5.73 Å². The Morgan fingerprint density at radius 1 is 1.05 bits per heavy atom. The lowest BCUT2D eigenvalue weighted by molar-refractivity contribution is -0.119. The Labute approximate surface area is 123 Å². The number of rotatable bonds is 6. The Balaban J connectivity index is 2.12. The van der Waals surface area contributed by atoms with Crippen LogP contribution >= 0.6 is 0 Å². The molecule has 21 heavy (non-hydrogen) atoms. The number of anilines is 1. The highest BCUT2D eigenvalue weighted by Crippen LogP contribution is 2.15.